The van der Waals surface area contributed by atoms with Crippen molar-refractivity contribution in [3.8, 4) is 0 Å². The van der Waals surface area contributed by atoms with Crippen LogP contribution in [-0.4, -0.2) is 32.8 Å². The van der Waals surface area contributed by atoms with Crippen molar-refractivity contribution < 1.29 is 14.3 Å². The van der Waals surface area contributed by atoms with Gasteiger partial charge in [0.25, 0.3) is 0 Å². The summed E-state index contributed by atoms with van der Waals surface area (Å²) in [7, 11) is 1.39. The summed E-state index contributed by atoms with van der Waals surface area (Å²) in [6.45, 7) is 4.43. The van der Waals surface area contributed by atoms with Crippen molar-refractivity contribution in [1.82, 2.24) is 5.32 Å². The number of methoxy groups -OCH3 is 1. The molecule has 1 aliphatic rings. The number of ether oxygens (including phenoxy) is 2. The molecule has 0 aliphatic carbocycles. The van der Waals surface area contributed by atoms with E-state index in [1.165, 1.54) is 7.11 Å². The van der Waals surface area contributed by atoms with Gasteiger partial charge in [0.05, 0.1) is 25.4 Å². The maximum absolute atomic E-state index is 11.4. The number of nitrogens with one attached hydrogen (secondary N) is 1. The second-order valence-corrected chi connectivity index (χ2v) is 4.13. The Labute approximate surface area is 101 Å². The third kappa shape index (κ3) is 2.65. The molecule has 1 N–H and O–H groups in total. The number of carbonyl (C=O) groups is 1. The second-order valence-electron chi connectivity index (χ2n) is 4.13. The molecule has 0 unspecified atom stereocenters. The van der Waals surface area contributed by atoms with Crippen molar-refractivity contribution >= 4 is 5.97 Å². The molecule has 1 heterocycles. The van der Waals surface area contributed by atoms with Crippen LogP contribution in [0, 0.1) is 6.92 Å². The van der Waals surface area contributed by atoms with Crippen molar-refractivity contribution in [2.24, 2.45) is 0 Å². The van der Waals surface area contributed by atoms with Gasteiger partial charge in [-0.3, -0.25) is 0 Å². The molecule has 4 heteroatoms. The van der Waals surface area contributed by atoms with Crippen LogP contribution in [0.3, 0.4) is 0 Å². The van der Waals surface area contributed by atoms with E-state index in [0.29, 0.717) is 5.56 Å². The van der Waals surface area contributed by atoms with Crippen molar-refractivity contribution in [1.29, 1.82) is 0 Å². The smallest absolute Gasteiger partial charge is 0.337 e. The first-order chi connectivity index (χ1) is 8.22. The summed E-state index contributed by atoms with van der Waals surface area (Å²) in [5, 5.41) is 3.29. The summed E-state index contributed by atoms with van der Waals surface area (Å²) >= 11 is 0. The standard InChI is InChI=1S/C13H17NO3/c1-9-7-10(13(15)16-2)3-4-11(9)12-8-14-5-6-17-12/h3-4,7,12,14H,5-6,8H2,1-2H3/t12-/m0/s1. The molecule has 0 bridgehead atoms. The second kappa shape index (κ2) is 5.29. The predicted octanol–water partition coefficient (Wildman–Crippen LogP) is 1.44. The number of hydrogen-bond acceptors (Lipinski definition) is 4. The quantitative estimate of drug-likeness (QED) is 0.788. The van der Waals surface area contributed by atoms with Gasteiger partial charge in [0.15, 0.2) is 0 Å². The highest BCUT2D eigenvalue weighted by Crippen LogP contribution is 2.23. The van der Waals surface area contributed by atoms with Gasteiger partial charge in [-0.05, 0) is 30.2 Å². The molecular formula is C13H17NO3. The average Bonchev–Trinajstić information content (AvgIpc) is 2.38. The molecule has 2 rings (SSSR count). The van der Waals surface area contributed by atoms with E-state index < -0.39 is 0 Å². The van der Waals surface area contributed by atoms with Gasteiger partial charge >= 0.3 is 5.97 Å². The van der Waals surface area contributed by atoms with E-state index in [-0.39, 0.29) is 12.1 Å². The van der Waals surface area contributed by atoms with Crippen LogP contribution in [-0.2, 0) is 9.47 Å². The van der Waals surface area contributed by atoms with Gasteiger partial charge in [0.2, 0.25) is 0 Å². The third-order valence-corrected chi connectivity index (χ3v) is 2.97. The number of hydrogen-bond donors (Lipinski definition) is 1. The largest absolute Gasteiger partial charge is 0.465 e. The summed E-state index contributed by atoms with van der Waals surface area (Å²) in [5.41, 5.74) is 2.77. The van der Waals surface area contributed by atoms with Crippen molar-refractivity contribution in [3.05, 3.63) is 34.9 Å². The maximum atomic E-state index is 11.4. The first kappa shape index (κ1) is 12.1. The summed E-state index contributed by atoms with van der Waals surface area (Å²) in [5.74, 6) is -0.303. The first-order valence-electron chi connectivity index (χ1n) is 5.73. The molecule has 4 nitrogen and oxygen atoms in total. The summed E-state index contributed by atoms with van der Waals surface area (Å²) in [6, 6.07) is 5.57. The number of esters is 1. The number of carbonyl (C=O) groups excluding carboxylic acids is 1. The lowest BCUT2D eigenvalue weighted by Crippen LogP contribution is -2.33. The predicted molar refractivity (Wildman–Crippen MR) is 64.1 cm³/mol. The van der Waals surface area contributed by atoms with Crippen molar-refractivity contribution in [2.45, 2.75) is 13.0 Å². The monoisotopic (exact) mass is 235 g/mol. The number of rotatable bonds is 2. The molecule has 1 fully saturated rings. The SMILES string of the molecule is COC(=O)c1ccc([C@@H]2CNCCO2)c(C)c1. The van der Waals surface area contributed by atoms with E-state index in [2.05, 4.69) is 5.32 Å². The topological polar surface area (TPSA) is 47.6 Å². The third-order valence-electron chi connectivity index (χ3n) is 2.97. The highest BCUT2D eigenvalue weighted by atomic mass is 16.5. The Balaban J connectivity index is 2.21. The number of benzene rings is 1. The van der Waals surface area contributed by atoms with Crippen LogP contribution in [0.4, 0.5) is 0 Å². The molecule has 1 aromatic rings. The minimum Gasteiger partial charge on any atom is -0.465 e. The number of morpholine rings is 1. The van der Waals surface area contributed by atoms with E-state index in [4.69, 9.17) is 9.47 Å². The molecule has 0 amide bonds. The minimum atomic E-state index is -0.303. The fourth-order valence-electron chi connectivity index (χ4n) is 2.05. The van der Waals surface area contributed by atoms with E-state index in [1.54, 1.807) is 6.07 Å². The van der Waals surface area contributed by atoms with E-state index in [9.17, 15) is 4.79 Å². The molecule has 0 spiro atoms. The molecule has 1 aliphatic heterocycles. The van der Waals surface area contributed by atoms with Crippen LogP contribution < -0.4 is 5.32 Å². The highest BCUT2D eigenvalue weighted by molar-refractivity contribution is 5.89. The molecule has 0 aromatic heterocycles. The van der Waals surface area contributed by atoms with Gasteiger partial charge < -0.3 is 14.8 Å². The first-order valence-corrected chi connectivity index (χ1v) is 5.73. The van der Waals surface area contributed by atoms with Crippen LogP contribution in [0.2, 0.25) is 0 Å². The van der Waals surface area contributed by atoms with Gasteiger partial charge in [0, 0.05) is 13.1 Å². The Morgan fingerprint density at radius 2 is 2.35 bits per heavy atom. The van der Waals surface area contributed by atoms with Crippen LogP contribution >= 0.6 is 0 Å². The Morgan fingerprint density at radius 1 is 1.53 bits per heavy atom. The van der Waals surface area contributed by atoms with Gasteiger partial charge in [-0.25, -0.2) is 4.79 Å². The molecular weight excluding hydrogens is 218 g/mol. The lowest BCUT2D eigenvalue weighted by Gasteiger charge is -2.25. The van der Waals surface area contributed by atoms with Crippen LogP contribution in [0.5, 0.6) is 0 Å². The Hall–Kier alpha value is -1.39. The molecule has 1 atom stereocenters. The normalized spacial score (nSPS) is 20.0. The Bertz CT molecular complexity index is 411. The summed E-state index contributed by atoms with van der Waals surface area (Å²) < 4.78 is 10.4. The fraction of sp³-hybridized carbons (Fsp3) is 0.462. The zero-order valence-electron chi connectivity index (χ0n) is 10.2. The van der Waals surface area contributed by atoms with Gasteiger partial charge in [0.1, 0.15) is 0 Å². The van der Waals surface area contributed by atoms with Crippen LogP contribution in [0.1, 0.15) is 27.6 Å². The molecule has 92 valence electrons. The summed E-state index contributed by atoms with van der Waals surface area (Å²) in [6.07, 6.45) is 0.0791. The van der Waals surface area contributed by atoms with Gasteiger partial charge in [-0.15, -0.1) is 0 Å². The lowest BCUT2D eigenvalue weighted by atomic mass is 10.00. The number of aryl methyl sites for hydroxylation is 1. The Morgan fingerprint density at radius 3 is 2.94 bits per heavy atom. The average molecular weight is 235 g/mol. The van der Waals surface area contributed by atoms with E-state index in [1.807, 2.05) is 19.1 Å². The molecule has 1 saturated heterocycles. The lowest BCUT2D eigenvalue weighted by molar-refractivity contribution is 0.0273. The molecule has 0 saturated carbocycles. The zero-order chi connectivity index (χ0) is 12.3. The highest BCUT2D eigenvalue weighted by Gasteiger charge is 2.18. The van der Waals surface area contributed by atoms with E-state index >= 15 is 0 Å². The summed E-state index contributed by atoms with van der Waals surface area (Å²) in [4.78, 5) is 11.4. The van der Waals surface area contributed by atoms with E-state index in [0.717, 1.165) is 30.8 Å². The fourth-order valence-corrected chi connectivity index (χ4v) is 2.05. The zero-order valence-corrected chi connectivity index (χ0v) is 10.2. The Kier molecular flexibility index (Phi) is 3.76. The maximum Gasteiger partial charge on any atom is 0.337 e. The van der Waals surface area contributed by atoms with Crippen LogP contribution in [0.25, 0.3) is 0 Å². The molecule has 17 heavy (non-hydrogen) atoms. The van der Waals surface area contributed by atoms with Gasteiger partial charge in [-0.2, -0.15) is 0 Å². The van der Waals surface area contributed by atoms with Crippen LogP contribution in [0.15, 0.2) is 18.2 Å². The minimum absolute atomic E-state index is 0.0791. The van der Waals surface area contributed by atoms with Crippen molar-refractivity contribution in [3.63, 3.8) is 0 Å². The van der Waals surface area contributed by atoms with Crippen molar-refractivity contribution in [2.75, 3.05) is 26.8 Å². The molecule has 1 aromatic carbocycles. The van der Waals surface area contributed by atoms with Gasteiger partial charge in [-0.1, -0.05) is 6.07 Å². The molecule has 0 radical (unpaired) electrons.